The van der Waals surface area contributed by atoms with Gasteiger partial charge < -0.3 is 24.6 Å². The molecular weight excluding hydrogens is 474 g/mol. The first kappa shape index (κ1) is 24.1. The molecule has 8 heteroatoms. The van der Waals surface area contributed by atoms with Crippen LogP contribution in [0.1, 0.15) is 35.3 Å². The number of fused-ring (bicyclic) bond motifs is 4. The Hall–Kier alpha value is -4.59. The molecule has 2 aliphatic rings. The van der Waals surface area contributed by atoms with E-state index in [2.05, 4.69) is 0 Å². The maximum Gasteiger partial charge on any atom is 0.261 e. The van der Waals surface area contributed by atoms with Crippen molar-refractivity contribution in [3.8, 4) is 17.2 Å². The minimum absolute atomic E-state index is 0.00399. The summed E-state index contributed by atoms with van der Waals surface area (Å²) in [7, 11) is 3.00. The van der Waals surface area contributed by atoms with Crippen molar-refractivity contribution >= 4 is 28.2 Å². The lowest BCUT2D eigenvalue weighted by molar-refractivity contribution is -0.123. The Morgan fingerprint density at radius 1 is 1.11 bits per heavy atom. The third-order valence-corrected chi connectivity index (χ3v) is 7.05. The van der Waals surface area contributed by atoms with Crippen LogP contribution in [0, 0.1) is 0 Å². The number of hydrogen-bond donors (Lipinski definition) is 2. The minimum Gasteiger partial charge on any atom is -0.507 e. The monoisotopic (exact) mass is 499 g/mol. The second kappa shape index (κ2) is 8.51. The van der Waals surface area contributed by atoms with Crippen molar-refractivity contribution in [3.63, 3.8) is 0 Å². The molecule has 8 nitrogen and oxygen atoms in total. The maximum absolute atomic E-state index is 13.8. The van der Waals surface area contributed by atoms with E-state index in [-0.39, 0.29) is 46.3 Å². The highest BCUT2D eigenvalue weighted by Gasteiger charge is 2.55. The van der Waals surface area contributed by atoms with Gasteiger partial charge in [-0.1, -0.05) is 42.5 Å². The van der Waals surface area contributed by atoms with Gasteiger partial charge in [0.2, 0.25) is 0 Å². The topological polar surface area (TPSA) is 113 Å². The molecule has 0 bridgehead atoms. The van der Waals surface area contributed by atoms with Crippen LogP contribution in [0.15, 0.2) is 71.7 Å². The van der Waals surface area contributed by atoms with Crippen molar-refractivity contribution in [3.05, 3.63) is 88.4 Å². The van der Waals surface area contributed by atoms with E-state index in [1.54, 1.807) is 7.05 Å². The van der Waals surface area contributed by atoms with Crippen LogP contribution < -0.4 is 9.47 Å². The molecule has 1 heterocycles. The van der Waals surface area contributed by atoms with E-state index in [9.17, 15) is 24.6 Å². The fraction of sp³-hybridized carbons (Fsp3) is 0.207. The fourth-order valence-electron chi connectivity index (χ4n) is 5.16. The number of aliphatic hydroxyl groups is 1. The molecule has 0 spiro atoms. The number of ether oxygens (including phenoxy) is 2. The zero-order valence-corrected chi connectivity index (χ0v) is 20.8. The number of ketones is 2. The molecule has 0 saturated carbocycles. The van der Waals surface area contributed by atoms with E-state index in [0.29, 0.717) is 0 Å². The highest BCUT2D eigenvalue weighted by Crippen LogP contribution is 2.56. The quantitative estimate of drug-likeness (QED) is 0.502. The van der Waals surface area contributed by atoms with Crippen LogP contribution in [0.5, 0.6) is 17.2 Å². The number of rotatable bonds is 5. The van der Waals surface area contributed by atoms with Crippen LogP contribution in [-0.2, 0) is 21.5 Å². The number of allylic oxidation sites excluding steroid dienone is 3. The van der Waals surface area contributed by atoms with Gasteiger partial charge in [-0.2, -0.15) is 0 Å². The molecule has 1 amide bonds. The van der Waals surface area contributed by atoms with Crippen LogP contribution in [0.25, 0.3) is 10.8 Å². The lowest BCUT2D eigenvalue weighted by Gasteiger charge is -2.27. The molecule has 0 unspecified atom stereocenters. The number of nitrogens with zero attached hydrogens (tertiary/aromatic N) is 1. The van der Waals surface area contributed by atoms with Gasteiger partial charge in [-0.25, -0.2) is 0 Å². The number of hydrogen-bond acceptors (Lipinski definition) is 7. The summed E-state index contributed by atoms with van der Waals surface area (Å²) < 4.78 is 11.4. The Morgan fingerprint density at radius 3 is 2.51 bits per heavy atom. The van der Waals surface area contributed by atoms with E-state index in [4.69, 9.17) is 9.47 Å². The summed E-state index contributed by atoms with van der Waals surface area (Å²) in [4.78, 5) is 40.9. The zero-order chi connectivity index (χ0) is 26.6. The van der Waals surface area contributed by atoms with Gasteiger partial charge in [0, 0.05) is 25.7 Å². The van der Waals surface area contributed by atoms with E-state index < -0.39 is 28.6 Å². The van der Waals surface area contributed by atoms with Gasteiger partial charge in [0.25, 0.3) is 5.91 Å². The number of methoxy groups -OCH3 is 1. The molecular formula is C29H25NO7. The molecule has 1 aliphatic carbocycles. The summed E-state index contributed by atoms with van der Waals surface area (Å²) in [5.74, 6) is -2.64. The van der Waals surface area contributed by atoms with E-state index in [0.717, 1.165) is 16.3 Å². The predicted molar refractivity (Wildman–Crippen MR) is 136 cm³/mol. The van der Waals surface area contributed by atoms with Crippen molar-refractivity contribution in [2.45, 2.75) is 25.8 Å². The minimum atomic E-state index is -1.61. The first-order valence-electron chi connectivity index (χ1n) is 11.6. The Balaban J connectivity index is 1.61. The largest absolute Gasteiger partial charge is 0.507 e. The Bertz CT molecular complexity index is 1580. The number of carbonyl (C=O) groups excluding carboxylic acids is 3. The molecule has 37 heavy (non-hydrogen) atoms. The van der Waals surface area contributed by atoms with Gasteiger partial charge in [-0.05, 0) is 30.2 Å². The number of phenols is 1. The second-order valence-electron chi connectivity index (χ2n) is 9.36. The summed E-state index contributed by atoms with van der Waals surface area (Å²) >= 11 is 0. The number of carbonyl (C=O) groups is 3. The predicted octanol–water partition coefficient (Wildman–Crippen LogP) is 4.34. The van der Waals surface area contributed by atoms with Gasteiger partial charge in [0.15, 0.2) is 17.3 Å². The molecule has 188 valence electrons. The first-order chi connectivity index (χ1) is 17.6. The molecule has 1 aliphatic heterocycles. The number of aromatic hydroxyl groups is 1. The smallest absolute Gasteiger partial charge is 0.261 e. The van der Waals surface area contributed by atoms with Crippen molar-refractivity contribution < 1.29 is 34.1 Å². The molecule has 0 saturated heterocycles. The van der Waals surface area contributed by atoms with Crippen molar-refractivity contribution in [2.24, 2.45) is 0 Å². The summed E-state index contributed by atoms with van der Waals surface area (Å²) in [6.07, 6.45) is 1.18. The Morgan fingerprint density at radius 2 is 1.81 bits per heavy atom. The molecule has 5 rings (SSSR count). The van der Waals surface area contributed by atoms with Crippen LogP contribution in [0.2, 0.25) is 0 Å². The fourth-order valence-corrected chi connectivity index (χ4v) is 5.16. The molecule has 3 aromatic rings. The highest BCUT2D eigenvalue weighted by molar-refractivity contribution is 6.25. The molecule has 0 radical (unpaired) electrons. The van der Waals surface area contributed by atoms with Gasteiger partial charge in [0.05, 0.1) is 12.7 Å². The van der Waals surface area contributed by atoms with Crippen LogP contribution in [0.3, 0.4) is 0 Å². The standard InChI is InChI=1S/C29H25NO7/c1-15(31)23-19(32)13-22-29(2,27(23)34)25-20(33)12-21(36-4)24(26(25)37-22)28(35)30(3)14-17-10-7-9-16-8-5-6-11-18(16)17/h5-13,32-33H,14H2,1-4H3/t29-/m1/s1. The highest BCUT2D eigenvalue weighted by atomic mass is 16.5. The van der Waals surface area contributed by atoms with Crippen molar-refractivity contribution in [2.75, 3.05) is 14.2 Å². The molecule has 3 aromatic carbocycles. The summed E-state index contributed by atoms with van der Waals surface area (Å²) in [5, 5.41) is 23.3. The summed E-state index contributed by atoms with van der Waals surface area (Å²) in [5.41, 5.74) is -1.01. The first-order valence-corrected chi connectivity index (χ1v) is 11.6. The summed E-state index contributed by atoms with van der Waals surface area (Å²) in [6, 6.07) is 15.0. The molecule has 1 atom stereocenters. The second-order valence-corrected chi connectivity index (χ2v) is 9.36. The number of phenolic OH excluding ortho intramolecular Hbond substituents is 1. The maximum atomic E-state index is 13.8. The zero-order valence-electron chi connectivity index (χ0n) is 20.8. The number of amides is 1. The molecule has 2 N–H and O–H groups in total. The van der Waals surface area contributed by atoms with E-state index in [1.165, 1.54) is 38.0 Å². The SMILES string of the molecule is COc1cc(O)c2c(c1C(=O)N(C)Cc1cccc3ccccc13)OC1=CC(O)=C(C(C)=O)C(=O)[C@]12C. The van der Waals surface area contributed by atoms with Crippen LogP contribution in [-0.4, -0.2) is 46.7 Å². The van der Waals surface area contributed by atoms with E-state index in [1.807, 2.05) is 42.5 Å². The normalized spacial score (nSPS) is 18.2. The van der Waals surface area contributed by atoms with Gasteiger partial charge in [-0.15, -0.1) is 0 Å². The third kappa shape index (κ3) is 3.48. The van der Waals surface area contributed by atoms with Gasteiger partial charge in [0.1, 0.15) is 39.6 Å². The van der Waals surface area contributed by atoms with Gasteiger partial charge in [-0.3, -0.25) is 14.4 Å². The van der Waals surface area contributed by atoms with Crippen molar-refractivity contribution in [1.29, 1.82) is 0 Å². The average Bonchev–Trinajstić information content (AvgIpc) is 3.17. The summed E-state index contributed by atoms with van der Waals surface area (Å²) in [6.45, 7) is 2.94. The lowest BCUT2D eigenvalue weighted by Crippen LogP contribution is -2.38. The average molecular weight is 500 g/mol. The third-order valence-electron chi connectivity index (χ3n) is 7.05. The molecule has 0 fully saturated rings. The van der Waals surface area contributed by atoms with Gasteiger partial charge >= 0.3 is 0 Å². The Kier molecular flexibility index (Phi) is 5.55. The van der Waals surface area contributed by atoms with Crippen molar-refractivity contribution in [1.82, 2.24) is 4.90 Å². The number of benzene rings is 3. The lowest BCUT2D eigenvalue weighted by atomic mass is 9.71. The Labute approximate surface area is 213 Å². The number of Topliss-reactive ketones (excluding diaryl/α,β-unsaturated/α-hetero) is 2. The van der Waals surface area contributed by atoms with Crippen LogP contribution >= 0.6 is 0 Å². The molecule has 0 aromatic heterocycles. The number of aliphatic hydroxyl groups excluding tert-OH is 1. The van der Waals surface area contributed by atoms with Crippen LogP contribution in [0.4, 0.5) is 0 Å². The van der Waals surface area contributed by atoms with E-state index >= 15 is 0 Å².